The number of hydrogen-bond acceptors (Lipinski definition) is 6. The molecule has 1 N–H and O–H groups in total. The van der Waals surface area contributed by atoms with Gasteiger partial charge in [-0.2, -0.15) is 14.8 Å². The molecule has 0 radical (unpaired) electrons. The summed E-state index contributed by atoms with van der Waals surface area (Å²) in [6, 6.07) is 15.6. The predicted molar refractivity (Wildman–Crippen MR) is 87.4 cm³/mol. The van der Waals surface area contributed by atoms with Crippen molar-refractivity contribution >= 4 is 18.0 Å². The van der Waals surface area contributed by atoms with Crippen molar-refractivity contribution in [2.24, 2.45) is 0 Å². The van der Waals surface area contributed by atoms with Crippen LogP contribution in [0.5, 0.6) is 0 Å². The third-order valence-corrected chi connectivity index (χ3v) is 4.77. The number of quaternary nitrogens is 1. The Labute approximate surface area is 148 Å². The van der Waals surface area contributed by atoms with Crippen molar-refractivity contribution in [3.63, 3.8) is 0 Å². The molecule has 0 atom stereocenters. The summed E-state index contributed by atoms with van der Waals surface area (Å²) in [5.41, 5.74) is 4.17. The van der Waals surface area contributed by atoms with E-state index >= 15 is 0 Å². The number of imide groups is 1. The standard InChI is InChI=1S/C19H16NO6/c21-17-9-10-18(22)20(17,24)26-19(23)25-11-16-14-7-3-1-5-12(14)13-6-2-4-8-15(13)16/h1-8,16,24H,9-11H2/q+1. The Morgan fingerprint density at radius 3 is 2.00 bits per heavy atom. The van der Waals surface area contributed by atoms with Crippen molar-refractivity contribution in [1.29, 1.82) is 0 Å². The molecule has 0 bridgehead atoms. The molecule has 2 aromatic rings. The number of hydrogen-bond donors (Lipinski definition) is 1. The highest BCUT2D eigenvalue weighted by molar-refractivity contribution is 5.90. The van der Waals surface area contributed by atoms with E-state index < -0.39 is 22.8 Å². The molecule has 0 unspecified atom stereocenters. The molecule has 1 aliphatic heterocycles. The minimum atomic E-state index is -1.98. The lowest BCUT2D eigenvalue weighted by Crippen LogP contribution is -2.50. The third-order valence-electron chi connectivity index (χ3n) is 4.77. The van der Waals surface area contributed by atoms with Crippen LogP contribution in [-0.4, -0.2) is 34.6 Å². The largest absolute Gasteiger partial charge is 0.564 e. The van der Waals surface area contributed by atoms with Crippen molar-refractivity contribution in [2.45, 2.75) is 18.8 Å². The van der Waals surface area contributed by atoms with Gasteiger partial charge in [0, 0.05) is 5.92 Å². The molecule has 2 amide bonds. The van der Waals surface area contributed by atoms with Crippen LogP contribution in [0.4, 0.5) is 4.79 Å². The van der Waals surface area contributed by atoms with Crippen LogP contribution in [0.1, 0.15) is 29.9 Å². The highest BCUT2D eigenvalue weighted by Gasteiger charge is 2.56. The first-order valence-corrected chi connectivity index (χ1v) is 8.24. The quantitative estimate of drug-likeness (QED) is 0.394. The number of rotatable bonds is 3. The van der Waals surface area contributed by atoms with Gasteiger partial charge in [0.1, 0.15) is 11.4 Å². The van der Waals surface area contributed by atoms with Crippen LogP contribution in [0.25, 0.3) is 11.1 Å². The molecular weight excluding hydrogens is 338 g/mol. The molecule has 1 heterocycles. The highest BCUT2D eigenvalue weighted by Crippen LogP contribution is 2.44. The van der Waals surface area contributed by atoms with E-state index in [1.165, 1.54) is 0 Å². The molecule has 2 aromatic carbocycles. The van der Waals surface area contributed by atoms with Gasteiger partial charge in [0.2, 0.25) is 0 Å². The van der Waals surface area contributed by atoms with Gasteiger partial charge in [-0.15, -0.1) is 0 Å². The molecule has 2 aliphatic rings. The maximum atomic E-state index is 12.0. The summed E-state index contributed by atoms with van der Waals surface area (Å²) in [5, 5.41) is 9.92. The maximum Gasteiger partial charge on any atom is 0.564 e. The summed E-state index contributed by atoms with van der Waals surface area (Å²) in [7, 11) is 0. The van der Waals surface area contributed by atoms with Gasteiger partial charge in [-0.3, -0.25) is 0 Å². The zero-order chi connectivity index (χ0) is 18.3. The number of nitrogens with zero attached hydrogens (tertiary/aromatic N) is 1. The molecule has 132 valence electrons. The molecule has 1 aliphatic carbocycles. The summed E-state index contributed by atoms with van der Waals surface area (Å²) >= 11 is 0. The van der Waals surface area contributed by atoms with Crippen LogP contribution < -0.4 is 0 Å². The average Bonchev–Trinajstić information content (AvgIpc) is 3.10. The summed E-state index contributed by atoms with van der Waals surface area (Å²) in [6.07, 6.45) is -1.62. The summed E-state index contributed by atoms with van der Waals surface area (Å²) in [5.74, 6) is -1.96. The lowest BCUT2D eigenvalue weighted by Gasteiger charge is -2.17. The zero-order valence-electron chi connectivity index (χ0n) is 13.8. The van der Waals surface area contributed by atoms with Gasteiger partial charge in [0.25, 0.3) is 0 Å². The van der Waals surface area contributed by atoms with Crippen LogP contribution in [0.2, 0.25) is 0 Å². The Kier molecular flexibility index (Phi) is 3.82. The SMILES string of the molecule is O=C(OCC1c2ccccc2-c2ccccc21)O[N+]1(O)C(=O)CCC1=O. The number of amides is 2. The number of hydroxylamine groups is 4. The number of ether oxygens (including phenoxy) is 1. The van der Waals surface area contributed by atoms with E-state index in [0.29, 0.717) is 0 Å². The van der Waals surface area contributed by atoms with Gasteiger partial charge < -0.3 is 4.74 Å². The second-order valence-electron chi connectivity index (χ2n) is 6.24. The van der Waals surface area contributed by atoms with Gasteiger partial charge in [-0.05, 0) is 22.3 Å². The minimum Gasteiger partial charge on any atom is -0.430 e. The van der Waals surface area contributed by atoms with E-state index in [4.69, 9.17) is 4.74 Å². The molecular formula is C19H16NO6+. The Morgan fingerprint density at radius 1 is 0.962 bits per heavy atom. The van der Waals surface area contributed by atoms with Crippen molar-refractivity contribution in [2.75, 3.05) is 6.61 Å². The third kappa shape index (κ3) is 2.49. The maximum absolute atomic E-state index is 12.0. The second-order valence-corrected chi connectivity index (χ2v) is 6.24. The number of carbonyl (C=O) groups excluding carboxylic acids is 3. The first kappa shape index (κ1) is 16.4. The molecule has 0 saturated carbocycles. The average molecular weight is 354 g/mol. The van der Waals surface area contributed by atoms with Gasteiger partial charge in [0.15, 0.2) is 0 Å². The summed E-state index contributed by atoms with van der Waals surface area (Å²) in [4.78, 5) is 37.8. The molecule has 0 spiro atoms. The Morgan fingerprint density at radius 2 is 1.46 bits per heavy atom. The van der Waals surface area contributed by atoms with Crippen LogP contribution in [-0.2, 0) is 19.2 Å². The highest BCUT2D eigenvalue weighted by atomic mass is 17.0. The monoisotopic (exact) mass is 354 g/mol. The van der Waals surface area contributed by atoms with Crippen molar-refractivity contribution in [1.82, 2.24) is 0 Å². The van der Waals surface area contributed by atoms with Crippen molar-refractivity contribution in [3.05, 3.63) is 59.7 Å². The second kappa shape index (κ2) is 6.05. The van der Waals surface area contributed by atoms with Gasteiger partial charge >= 0.3 is 18.0 Å². The van der Waals surface area contributed by atoms with Crippen LogP contribution in [0, 0.1) is 0 Å². The zero-order valence-corrected chi connectivity index (χ0v) is 13.8. The van der Waals surface area contributed by atoms with E-state index in [0.717, 1.165) is 22.3 Å². The van der Waals surface area contributed by atoms with E-state index in [1.807, 2.05) is 48.5 Å². The van der Waals surface area contributed by atoms with Gasteiger partial charge in [-0.25, -0.2) is 9.59 Å². The lowest BCUT2D eigenvalue weighted by molar-refractivity contribution is -1.12. The fourth-order valence-corrected chi connectivity index (χ4v) is 3.48. The Hall–Kier alpha value is -3.03. The summed E-state index contributed by atoms with van der Waals surface area (Å²) in [6.45, 7) is -0.0325. The Balaban J connectivity index is 1.51. The predicted octanol–water partition coefficient (Wildman–Crippen LogP) is 2.92. The fourth-order valence-electron chi connectivity index (χ4n) is 3.48. The fraction of sp³-hybridized carbons (Fsp3) is 0.211. The van der Waals surface area contributed by atoms with E-state index in [9.17, 15) is 19.6 Å². The van der Waals surface area contributed by atoms with Crippen LogP contribution in [0.3, 0.4) is 0 Å². The molecule has 7 heteroatoms. The van der Waals surface area contributed by atoms with Crippen molar-refractivity contribution in [3.8, 4) is 11.1 Å². The molecule has 7 nitrogen and oxygen atoms in total. The molecule has 0 aromatic heterocycles. The molecule has 1 fully saturated rings. The van der Waals surface area contributed by atoms with Gasteiger partial charge in [-0.1, -0.05) is 48.5 Å². The number of fused-ring (bicyclic) bond motifs is 3. The summed E-state index contributed by atoms with van der Waals surface area (Å²) < 4.78 is 5.12. The smallest absolute Gasteiger partial charge is 0.430 e. The number of carbonyl (C=O) groups is 3. The topological polar surface area (TPSA) is 89.9 Å². The number of benzene rings is 2. The first-order chi connectivity index (χ1) is 12.5. The first-order valence-electron chi connectivity index (χ1n) is 8.24. The lowest BCUT2D eigenvalue weighted by atomic mass is 9.98. The van der Waals surface area contributed by atoms with Crippen LogP contribution >= 0.6 is 0 Å². The normalized spacial score (nSPS) is 17.7. The van der Waals surface area contributed by atoms with E-state index in [2.05, 4.69) is 4.84 Å². The molecule has 4 rings (SSSR count). The molecule has 1 saturated heterocycles. The van der Waals surface area contributed by atoms with E-state index in [1.54, 1.807) is 0 Å². The Bertz CT molecular complexity index is 860. The minimum absolute atomic E-state index is 0.0325. The van der Waals surface area contributed by atoms with Crippen molar-refractivity contribution < 1.29 is 34.0 Å². The van der Waals surface area contributed by atoms with Gasteiger partial charge in [0.05, 0.1) is 12.8 Å². The van der Waals surface area contributed by atoms with Crippen LogP contribution in [0.15, 0.2) is 48.5 Å². The van der Waals surface area contributed by atoms with E-state index in [-0.39, 0.29) is 25.4 Å². The molecule has 26 heavy (non-hydrogen) atoms.